The van der Waals surface area contributed by atoms with Crippen molar-refractivity contribution in [2.75, 3.05) is 6.61 Å². The maximum absolute atomic E-state index is 11.7. The van der Waals surface area contributed by atoms with Gasteiger partial charge in [0.05, 0.1) is 12.1 Å². The molecule has 2 aromatic heterocycles. The Labute approximate surface area is 106 Å². The number of rotatable bonds is 3. The molecule has 2 heterocycles. The Kier molecular flexibility index (Phi) is 3.28. The van der Waals surface area contributed by atoms with E-state index in [1.165, 1.54) is 6.07 Å². The van der Waals surface area contributed by atoms with E-state index < -0.39 is 5.97 Å². The lowest BCUT2D eigenvalue weighted by atomic mass is 10.3. The molecule has 0 atom stereocenters. The number of ether oxygens (including phenoxy) is 1. The summed E-state index contributed by atoms with van der Waals surface area (Å²) in [6.07, 6.45) is 2.45. The van der Waals surface area contributed by atoms with Crippen molar-refractivity contribution < 1.29 is 14.3 Å². The summed E-state index contributed by atoms with van der Waals surface area (Å²) in [5, 5.41) is 0. The molecule has 2 aromatic rings. The number of hydrogen-bond donors (Lipinski definition) is 0. The largest absolute Gasteiger partial charge is 0.461 e. The average Bonchev–Trinajstić information content (AvgIpc) is 2.69. The van der Waals surface area contributed by atoms with Gasteiger partial charge < -0.3 is 9.14 Å². The molecule has 0 bridgehead atoms. The number of nitrogens with zero attached hydrogens (tertiary/aromatic N) is 1. The van der Waals surface area contributed by atoms with Crippen LogP contribution in [0, 0.1) is 0 Å². The van der Waals surface area contributed by atoms with Crippen molar-refractivity contribution in [2.24, 2.45) is 0 Å². The van der Waals surface area contributed by atoms with Crippen molar-refractivity contribution in [3.63, 3.8) is 0 Å². The molecule has 0 aromatic carbocycles. The topological polar surface area (TPSA) is 47.8 Å². The Morgan fingerprint density at radius 3 is 3.00 bits per heavy atom. The predicted octanol–water partition coefficient (Wildman–Crippen LogP) is 2.69. The maximum atomic E-state index is 11.7. The highest BCUT2D eigenvalue weighted by Gasteiger charge is 2.17. The second-order valence-corrected chi connectivity index (χ2v) is 4.25. The van der Waals surface area contributed by atoms with Gasteiger partial charge in [0.2, 0.25) is 0 Å². The number of halogens is 1. The van der Waals surface area contributed by atoms with E-state index in [1.54, 1.807) is 23.6 Å². The van der Waals surface area contributed by atoms with Crippen molar-refractivity contribution in [3.05, 3.63) is 40.1 Å². The fourth-order valence-corrected chi connectivity index (χ4v) is 2.27. The molecule has 2 rings (SSSR count). The Bertz CT molecular complexity index is 589. The van der Waals surface area contributed by atoms with E-state index in [9.17, 15) is 9.59 Å². The van der Waals surface area contributed by atoms with Gasteiger partial charge in [-0.3, -0.25) is 4.79 Å². The highest BCUT2D eigenvalue weighted by atomic mass is 79.9. The van der Waals surface area contributed by atoms with Gasteiger partial charge in [-0.1, -0.05) is 0 Å². The first-order chi connectivity index (χ1) is 8.19. The summed E-state index contributed by atoms with van der Waals surface area (Å²) in [6.45, 7) is 2.04. The monoisotopic (exact) mass is 295 g/mol. The molecule has 0 unspecified atom stereocenters. The van der Waals surface area contributed by atoms with Crippen LogP contribution < -0.4 is 0 Å². The normalized spacial score (nSPS) is 10.5. The first-order valence-corrected chi connectivity index (χ1v) is 5.90. The van der Waals surface area contributed by atoms with Gasteiger partial charge in [0.15, 0.2) is 6.29 Å². The first-order valence-electron chi connectivity index (χ1n) is 5.11. The second-order valence-electron chi connectivity index (χ2n) is 3.40. The van der Waals surface area contributed by atoms with Gasteiger partial charge in [0.25, 0.3) is 0 Å². The van der Waals surface area contributed by atoms with Crippen LogP contribution in [0.1, 0.15) is 27.8 Å². The van der Waals surface area contributed by atoms with Crippen molar-refractivity contribution in [3.8, 4) is 0 Å². The minimum Gasteiger partial charge on any atom is -0.461 e. The number of hydrogen-bond acceptors (Lipinski definition) is 3. The lowest BCUT2D eigenvalue weighted by Gasteiger charge is -2.03. The Balaban J connectivity index is 2.69. The highest BCUT2D eigenvalue weighted by molar-refractivity contribution is 9.10. The summed E-state index contributed by atoms with van der Waals surface area (Å²) in [6, 6.07) is 5.14. The molecular weight excluding hydrogens is 286 g/mol. The Morgan fingerprint density at radius 1 is 1.59 bits per heavy atom. The van der Waals surface area contributed by atoms with Crippen LogP contribution in [0.4, 0.5) is 0 Å². The van der Waals surface area contributed by atoms with E-state index in [-0.39, 0.29) is 0 Å². The molecule has 17 heavy (non-hydrogen) atoms. The molecule has 0 saturated carbocycles. The number of carbonyl (C=O) groups excluding carboxylic acids is 2. The van der Waals surface area contributed by atoms with E-state index in [0.717, 1.165) is 10.8 Å². The molecule has 0 fully saturated rings. The first kappa shape index (κ1) is 11.9. The molecule has 0 spiro atoms. The summed E-state index contributed by atoms with van der Waals surface area (Å²) in [7, 11) is 0. The third-order valence-corrected chi connectivity index (χ3v) is 3.02. The highest BCUT2D eigenvalue weighted by Crippen LogP contribution is 2.24. The fraction of sp³-hybridized carbons (Fsp3) is 0.167. The van der Waals surface area contributed by atoms with Crippen LogP contribution in [0.2, 0.25) is 0 Å². The van der Waals surface area contributed by atoms with Crippen LogP contribution in [0.3, 0.4) is 0 Å². The van der Waals surface area contributed by atoms with Crippen molar-refractivity contribution in [1.82, 2.24) is 4.40 Å². The average molecular weight is 296 g/mol. The van der Waals surface area contributed by atoms with Crippen LogP contribution in [-0.4, -0.2) is 23.3 Å². The van der Waals surface area contributed by atoms with Gasteiger partial charge in [-0.2, -0.15) is 0 Å². The second kappa shape index (κ2) is 4.71. The molecule has 0 amide bonds. The van der Waals surface area contributed by atoms with Gasteiger partial charge >= 0.3 is 5.97 Å². The summed E-state index contributed by atoms with van der Waals surface area (Å²) >= 11 is 3.36. The minimum atomic E-state index is -0.436. The molecule has 5 heteroatoms. The van der Waals surface area contributed by atoms with E-state index >= 15 is 0 Å². The number of carbonyl (C=O) groups is 2. The number of aldehydes is 1. The van der Waals surface area contributed by atoms with Crippen LogP contribution in [-0.2, 0) is 4.74 Å². The molecule has 0 N–H and O–H groups in total. The number of fused-ring (bicyclic) bond motifs is 1. The van der Waals surface area contributed by atoms with E-state index in [4.69, 9.17) is 4.74 Å². The zero-order valence-electron chi connectivity index (χ0n) is 9.14. The fourth-order valence-electron chi connectivity index (χ4n) is 1.70. The molecule has 0 radical (unpaired) electrons. The third kappa shape index (κ3) is 1.98. The van der Waals surface area contributed by atoms with E-state index in [2.05, 4.69) is 15.9 Å². The number of pyridine rings is 1. The zero-order chi connectivity index (χ0) is 12.4. The lowest BCUT2D eigenvalue weighted by molar-refractivity contribution is 0.0518. The van der Waals surface area contributed by atoms with Crippen molar-refractivity contribution >= 4 is 33.7 Å². The number of esters is 1. The third-order valence-electron chi connectivity index (χ3n) is 2.38. The zero-order valence-corrected chi connectivity index (χ0v) is 10.7. The molecule has 4 nitrogen and oxygen atoms in total. The van der Waals surface area contributed by atoms with Gasteiger partial charge in [-0.25, -0.2) is 4.79 Å². The maximum Gasteiger partial charge on any atom is 0.355 e. The molecule has 88 valence electrons. The Hall–Kier alpha value is -1.62. The molecule has 0 aliphatic heterocycles. The van der Waals surface area contributed by atoms with Crippen LogP contribution in [0.25, 0.3) is 5.52 Å². The molecule has 0 aliphatic rings. The molecular formula is C12H10BrNO3. The number of aromatic nitrogens is 1. The summed E-state index contributed by atoms with van der Waals surface area (Å²) < 4.78 is 7.35. The summed E-state index contributed by atoms with van der Waals surface area (Å²) in [5.74, 6) is -0.436. The van der Waals surface area contributed by atoms with Crippen molar-refractivity contribution in [1.29, 1.82) is 0 Å². The van der Waals surface area contributed by atoms with Gasteiger partial charge in [0.1, 0.15) is 5.69 Å². The van der Waals surface area contributed by atoms with E-state index in [1.807, 2.05) is 6.07 Å². The van der Waals surface area contributed by atoms with Crippen molar-refractivity contribution in [2.45, 2.75) is 6.92 Å². The van der Waals surface area contributed by atoms with Crippen LogP contribution in [0.5, 0.6) is 0 Å². The van der Waals surface area contributed by atoms with Crippen LogP contribution >= 0.6 is 15.9 Å². The van der Waals surface area contributed by atoms with Gasteiger partial charge in [0, 0.05) is 16.2 Å². The Morgan fingerprint density at radius 2 is 2.35 bits per heavy atom. The standard InChI is InChI=1S/C12H10BrNO3/c1-2-17-12(16)10-6-8(7-15)11-9(13)4-3-5-14(10)11/h3-7H,2H2,1H3. The van der Waals surface area contributed by atoms with Gasteiger partial charge in [-0.05, 0) is 41.1 Å². The lowest BCUT2D eigenvalue weighted by Crippen LogP contribution is -2.07. The smallest absolute Gasteiger partial charge is 0.355 e. The quantitative estimate of drug-likeness (QED) is 0.646. The van der Waals surface area contributed by atoms with Crippen LogP contribution in [0.15, 0.2) is 28.9 Å². The SMILES string of the molecule is CCOC(=O)c1cc(C=O)c2c(Br)cccn12. The summed E-state index contributed by atoms with van der Waals surface area (Å²) in [4.78, 5) is 22.7. The molecule has 0 aliphatic carbocycles. The van der Waals surface area contributed by atoms with E-state index in [0.29, 0.717) is 23.4 Å². The minimum absolute atomic E-state index is 0.302. The predicted molar refractivity (Wildman–Crippen MR) is 66.4 cm³/mol. The molecule has 0 saturated heterocycles. The van der Waals surface area contributed by atoms with Gasteiger partial charge in [-0.15, -0.1) is 0 Å². The summed E-state index contributed by atoms with van der Waals surface area (Å²) in [5.41, 5.74) is 1.48.